The van der Waals surface area contributed by atoms with E-state index in [4.69, 9.17) is 4.74 Å². The molecule has 0 aromatic rings. The van der Waals surface area contributed by atoms with Gasteiger partial charge in [-0.05, 0) is 52.4 Å². The lowest BCUT2D eigenvalue weighted by molar-refractivity contribution is 0.0235. The summed E-state index contributed by atoms with van der Waals surface area (Å²) in [6, 6.07) is 0.124. The summed E-state index contributed by atoms with van der Waals surface area (Å²) in [6.07, 6.45) is 3.58. The summed E-state index contributed by atoms with van der Waals surface area (Å²) in [5, 5.41) is 12.1. The van der Waals surface area contributed by atoms with E-state index in [1.165, 1.54) is 0 Å². The van der Waals surface area contributed by atoms with Crippen LogP contribution in [0.15, 0.2) is 0 Å². The van der Waals surface area contributed by atoms with Gasteiger partial charge in [0, 0.05) is 38.8 Å². The van der Waals surface area contributed by atoms with Gasteiger partial charge in [-0.15, -0.1) is 0 Å². The molecule has 1 heterocycles. The van der Waals surface area contributed by atoms with Gasteiger partial charge in [-0.25, -0.2) is 9.59 Å². The van der Waals surface area contributed by atoms with E-state index in [2.05, 4.69) is 5.32 Å². The molecule has 0 bridgehead atoms. The number of nitrogens with one attached hydrogen (secondary N) is 1. The van der Waals surface area contributed by atoms with Gasteiger partial charge in [-0.3, -0.25) is 0 Å². The number of amides is 3. The van der Waals surface area contributed by atoms with E-state index < -0.39 is 5.60 Å². The number of hydrogen-bond acceptors (Lipinski definition) is 4. The van der Waals surface area contributed by atoms with Crippen molar-refractivity contribution in [3.8, 4) is 0 Å². The Hall–Kier alpha value is -1.50. The van der Waals surface area contributed by atoms with Gasteiger partial charge in [0.1, 0.15) is 5.60 Å². The van der Waals surface area contributed by atoms with Crippen LogP contribution in [-0.4, -0.2) is 71.5 Å². The monoisotopic (exact) mass is 341 g/mol. The van der Waals surface area contributed by atoms with Gasteiger partial charge in [0.25, 0.3) is 0 Å². The average molecular weight is 341 g/mol. The van der Waals surface area contributed by atoms with Crippen molar-refractivity contribution in [1.82, 2.24) is 15.1 Å². The number of carbonyl (C=O) groups is 2. The van der Waals surface area contributed by atoms with Gasteiger partial charge < -0.3 is 25.0 Å². The normalized spacial score (nSPS) is 21.3. The average Bonchev–Trinajstić information content (AvgIpc) is 3.34. The first kappa shape index (κ1) is 18.8. The van der Waals surface area contributed by atoms with Crippen LogP contribution in [-0.2, 0) is 4.74 Å². The van der Waals surface area contributed by atoms with Crippen LogP contribution in [0.3, 0.4) is 0 Å². The third-order valence-corrected chi connectivity index (χ3v) is 4.31. The fourth-order valence-corrected chi connectivity index (χ4v) is 2.92. The molecule has 0 unspecified atom stereocenters. The van der Waals surface area contributed by atoms with Crippen LogP contribution in [0.4, 0.5) is 9.59 Å². The number of ether oxygens (including phenoxy) is 1. The maximum absolute atomic E-state index is 12.3. The minimum atomic E-state index is -0.513. The highest BCUT2D eigenvalue weighted by molar-refractivity contribution is 5.74. The smallest absolute Gasteiger partial charge is 0.410 e. The number of piperidine rings is 1. The minimum absolute atomic E-state index is 0.118. The second-order valence-corrected chi connectivity index (χ2v) is 7.77. The largest absolute Gasteiger partial charge is 0.444 e. The van der Waals surface area contributed by atoms with E-state index in [-0.39, 0.29) is 30.7 Å². The van der Waals surface area contributed by atoms with Crippen LogP contribution in [0.5, 0.6) is 0 Å². The summed E-state index contributed by atoms with van der Waals surface area (Å²) in [5.74, 6) is 0.175. The molecule has 1 saturated carbocycles. The molecule has 2 aliphatic rings. The fraction of sp³-hybridized carbons (Fsp3) is 0.882. The van der Waals surface area contributed by atoms with Crippen LogP contribution in [0.25, 0.3) is 0 Å². The molecule has 138 valence electrons. The van der Waals surface area contributed by atoms with Crippen LogP contribution in [0, 0.1) is 5.92 Å². The van der Waals surface area contributed by atoms with Crippen molar-refractivity contribution in [1.29, 1.82) is 0 Å². The molecule has 1 aliphatic heterocycles. The van der Waals surface area contributed by atoms with Gasteiger partial charge in [0.15, 0.2) is 0 Å². The van der Waals surface area contributed by atoms with Gasteiger partial charge >= 0.3 is 12.1 Å². The quantitative estimate of drug-likeness (QED) is 0.799. The van der Waals surface area contributed by atoms with Gasteiger partial charge in [0.05, 0.1) is 0 Å². The van der Waals surface area contributed by atoms with Crippen LogP contribution >= 0.6 is 0 Å². The Balaban J connectivity index is 1.76. The first-order valence-corrected chi connectivity index (χ1v) is 8.93. The molecule has 24 heavy (non-hydrogen) atoms. The second kappa shape index (κ2) is 8.05. The summed E-state index contributed by atoms with van der Waals surface area (Å²) in [4.78, 5) is 27.9. The van der Waals surface area contributed by atoms with Crippen molar-refractivity contribution < 1.29 is 19.4 Å². The van der Waals surface area contributed by atoms with Crippen LogP contribution in [0.2, 0.25) is 0 Å². The predicted molar refractivity (Wildman–Crippen MR) is 90.7 cm³/mol. The van der Waals surface area contributed by atoms with Gasteiger partial charge in [-0.1, -0.05) is 0 Å². The number of carbonyl (C=O) groups excluding carboxylic acids is 2. The molecule has 1 aliphatic carbocycles. The number of aliphatic hydroxyl groups is 1. The highest BCUT2D eigenvalue weighted by Crippen LogP contribution is 2.28. The van der Waals surface area contributed by atoms with Crippen LogP contribution in [0.1, 0.15) is 46.5 Å². The summed E-state index contributed by atoms with van der Waals surface area (Å²) in [6.45, 7) is 7.87. The Morgan fingerprint density at radius 1 is 1.29 bits per heavy atom. The topological polar surface area (TPSA) is 82.1 Å². The Morgan fingerprint density at radius 2 is 2.00 bits per heavy atom. The Morgan fingerprint density at radius 3 is 2.58 bits per heavy atom. The molecule has 7 nitrogen and oxygen atoms in total. The molecule has 3 amide bonds. The molecule has 2 rings (SSSR count). The molecule has 0 aromatic heterocycles. The van der Waals surface area contributed by atoms with E-state index >= 15 is 0 Å². The Bertz CT molecular complexity index is 446. The van der Waals surface area contributed by atoms with Crippen molar-refractivity contribution in [3.63, 3.8) is 0 Å². The minimum Gasteiger partial charge on any atom is -0.444 e. The van der Waals surface area contributed by atoms with Crippen molar-refractivity contribution in [2.45, 2.75) is 58.1 Å². The lowest BCUT2D eigenvalue weighted by atomic mass is 9.99. The molecule has 1 atom stereocenters. The summed E-state index contributed by atoms with van der Waals surface area (Å²) in [7, 11) is 0. The SMILES string of the molecule is CC(C)(C)OC(=O)N(CCNC(=O)N1CCC[C@@H](CO)C1)C1CC1. The summed E-state index contributed by atoms with van der Waals surface area (Å²) >= 11 is 0. The lowest BCUT2D eigenvalue weighted by Gasteiger charge is -2.32. The number of rotatable bonds is 5. The van der Waals surface area contributed by atoms with Crippen molar-refractivity contribution in [2.24, 2.45) is 5.92 Å². The lowest BCUT2D eigenvalue weighted by Crippen LogP contribution is -2.48. The number of aliphatic hydroxyl groups excluding tert-OH is 1. The summed E-state index contributed by atoms with van der Waals surface area (Å²) in [5.41, 5.74) is -0.513. The van der Waals surface area contributed by atoms with E-state index in [1.54, 1.807) is 9.80 Å². The molecular weight excluding hydrogens is 310 g/mol. The van der Waals surface area contributed by atoms with E-state index in [1.807, 2.05) is 20.8 Å². The fourth-order valence-electron chi connectivity index (χ4n) is 2.92. The predicted octanol–water partition coefficient (Wildman–Crippen LogP) is 1.80. The number of likely N-dealkylation sites (tertiary alicyclic amines) is 1. The molecule has 0 aromatic carbocycles. The molecule has 7 heteroatoms. The van der Waals surface area contributed by atoms with Crippen molar-refractivity contribution >= 4 is 12.1 Å². The Labute approximate surface area is 144 Å². The zero-order chi connectivity index (χ0) is 17.7. The molecule has 2 fully saturated rings. The maximum atomic E-state index is 12.3. The summed E-state index contributed by atoms with van der Waals surface area (Å²) < 4.78 is 5.44. The maximum Gasteiger partial charge on any atom is 0.410 e. The Kier molecular flexibility index (Phi) is 6.32. The third kappa shape index (κ3) is 5.85. The van der Waals surface area contributed by atoms with Gasteiger partial charge in [0.2, 0.25) is 0 Å². The third-order valence-electron chi connectivity index (χ3n) is 4.31. The van der Waals surface area contributed by atoms with E-state index in [0.717, 1.165) is 32.2 Å². The molecule has 0 radical (unpaired) electrons. The second-order valence-electron chi connectivity index (χ2n) is 7.77. The van der Waals surface area contributed by atoms with Crippen molar-refractivity contribution in [2.75, 3.05) is 32.8 Å². The first-order valence-electron chi connectivity index (χ1n) is 8.93. The van der Waals surface area contributed by atoms with E-state index in [9.17, 15) is 14.7 Å². The molecular formula is C17H31N3O4. The molecule has 0 spiro atoms. The number of urea groups is 1. The number of nitrogens with zero attached hydrogens (tertiary/aromatic N) is 2. The van der Waals surface area contributed by atoms with Gasteiger partial charge in [-0.2, -0.15) is 0 Å². The first-order chi connectivity index (χ1) is 11.3. The highest BCUT2D eigenvalue weighted by atomic mass is 16.6. The highest BCUT2D eigenvalue weighted by Gasteiger charge is 2.35. The zero-order valence-corrected chi connectivity index (χ0v) is 15.1. The van der Waals surface area contributed by atoms with E-state index in [0.29, 0.717) is 19.6 Å². The number of hydrogen-bond donors (Lipinski definition) is 2. The van der Waals surface area contributed by atoms with Crippen molar-refractivity contribution in [3.05, 3.63) is 0 Å². The molecule has 2 N–H and O–H groups in total. The standard InChI is InChI=1S/C17H31N3O4/c1-17(2,3)24-16(23)20(14-6-7-14)10-8-18-15(22)19-9-4-5-13(11-19)12-21/h13-14,21H,4-12H2,1-3H3,(H,18,22)/t13-/m1/s1. The zero-order valence-electron chi connectivity index (χ0n) is 15.1. The molecule has 1 saturated heterocycles. The van der Waals surface area contributed by atoms with Crippen LogP contribution < -0.4 is 5.32 Å².